The number of carbonyl (C=O) groups is 1. The normalized spacial score (nSPS) is 16.6. The highest BCUT2D eigenvalue weighted by Crippen LogP contribution is 2.22. The molecule has 0 radical (unpaired) electrons. The van der Waals surface area contributed by atoms with E-state index < -0.39 is 0 Å². The molecule has 5 heteroatoms. The van der Waals surface area contributed by atoms with Crippen LogP contribution in [0.2, 0.25) is 0 Å². The predicted octanol–water partition coefficient (Wildman–Crippen LogP) is 2.34. The van der Waals surface area contributed by atoms with Gasteiger partial charge in [-0.05, 0) is 42.5 Å². The Kier molecular flexibility index (Phi) is 4.65. The maximum Gasteiger partial charge on any atom is 0.253 e. The van der Waals surface area contributed by atoms with Gasteiger partial charge in [0.2, 0.25) is 0 Å². The number of carbonyl (C=O) groups excluding carboxylic acids is 1. The Morgan fingerprint density at radius 3 is 2.92 bits per heavy atom. The molecule has 4 rings (SSSR count). The molecule has 2 aliphatic rings. The van der Waals surface area contributed by atoms with Gasteiger partial charge in [0.25, 0.3) is 5.91 Å². The van der Waals surface area contributed by atoms with Gasteiger partial charge >= 0.3 is 0 Å². The van der Waals surface area contributed by atoms with E-state index in [1.165, 1.54) is 17.7 Å². The summed E-state index contributed by atoms with van der Waals surface area (Å²) in [6.07, 6.45) is 5.25. The number of benzene rings is 1. The topological polar surface area (TPSA) is 54.5 Å². The minimum absolute atomic E-state index is 0.0393. The molecular weight excluding hydrogens is 314 g/mol. The number of fused-ring (bicyclic) bond motifs is 1. The zero-order valence-corrected chi connectivity index (χ0v) is 14.3. The van der Waals surface area contributed by atoms with Crippen LogP contribution in [0.25, 0.3) is 0 Å². The van der Waals surface area contributed by atoms with Gasteiger partial charge in [-0.3, -0.25) is 9.78 Å². The molecule has 1 aromatic heterocycles. The Morgan fingerprint density at radius 1 is 1.20 bits per heavy atom. The number of aryl methyl sites for hydroxylation is 2. The van der Waals surface area contributed by atoms with Crippen molar-refractivity contribution in [1.82, 2.24) is 10.3 Å². The fourth-order valence-electron chi connectivity index (χ4n) is 3.60. The van der Waals surface area contributed by atoms with E-state index in [0.29, 0.717) is 19.8 Å². The molecular formula is C20H23N3O2. The molecule has 5 nitrogen and oxygen atoms in total. The summed E-state index contributed by atoms with van der Waals surface area (Å²) >= 11 is 0. The second kappa shape index (κ2) is 7.23. The quantitative estimate of drug-likeness (QED) is 0.930. The fourth-order valence-corrected chi connectivity index (χ4v) is 3.60. The van der Waals surface area contributed by atoms with Crippen molar-refractivity contribution in [2.45, 2.75) is 25.8 Å². The molecule has 0 bridgehead atoms. The Hall–Kier alpha value is -2.40. The minimum Gasteiger partial charge on any atom is -0.378 e. The van der Waals surface area contributed by atoms with Crippen LogP contribution < -0.4 is 10.2 Å². The average molecular weight is 337 g/mol. The maximum absolute atomic E-state index is 12.7. The van der Waals surface area contributed by atoms with E-state index in [-0.39, 0.29) is 5.91 Å². The monoisotopic (exact) mass is 337 g/mol. The summed E-state index contributed by atoms with van der Waals surface area (Å²) in [4.78, 5) is 19.5. The number of nitrogens with one attached hydrogen (secondary N) is 1. The van der Waals surface area contributed by atoms with Crippen molar-refractivity contribution in [3.8, 4) is 0 Å². The van der Waals surface area contributed by atoms with Gasteiger partial charge in [-0.25, -0.2) is 0 Å². The number of hydrogen-bond donors (Lipinski definition) is 1. The molecule has 1 fully saturated rings. The molecule has 130 valence electrons. The van der Waals surface area contributed by atoms with E-state index in [1.54, 1.807) is 0 Å². The Labute approximate surface area is 148 Å². The van der Waals surface area contributed by atoms with E-state index >= 15 is 0 Å². The third kappa shape index (κ3) is 3.51. The lowest BCUT2D eigenvalue weighted by molar-refractivity contribution is 0.0949. The van der Waals surface area contributed by atoms with Crippen molar-refractivity contribution < 1.29 is 9.53 Å². The smallest absolute Gasteiger partial charge is 0.253 e. The number of anilines is 1. The highest BCUT2D eigenvalue weighted by Gasteiger charge is 2.18. The first-order valence-corrected chi connectivity index (χ1v) is 8.98. The van der Waals surface area contributed by atoms with Crippen LogP contribution in [0, 0.1) is 0 Å². The zero-order valence-electron chi connectivity index (χ0n) is 14.3. The maximum atomic E-state index is 12.7. The van der Waals surface area contributed by atoms with Gasteiger partial charge in [0.15, 0.2) is 0 Å². The third-order valence-electron chi connectivity index (χ3n) is 4.93. The lowest BCUT2D eigenvalue weighted by atomic mass is 10.1. The highest BCUT2D eigenvalue weighted by molar-refractivity contribution is 5.99. The van der Waals surface area contributed by atoms with E-state index in [4.69, 9.17) is 4.74 Å². The van der Waals surface area contributed by atoms with Crippen molar-refractivity contribution in [3.05, 3.63) is 58.9 Å². The van der Waals surface area contributed by atoms with Crippen molar-refractivity contribution >= 4 is 11.6 Å². The largest absolute Gasteiger partial charge is 0.378 e. The molecule has 0 unspecified atom stereocenters. The summed E-state index contributed by atoms with van der Waals surface area (Å²) in [7, 11) is 0. The van der Waals surface area contributed by atoms with Crippen LogP contribution in [0.1, 0.15) is 33.6 Å². The summed E-state index contributed by atoms with van der Waals surface area (Å²) in [6, 6.07) is 9.98. The standard InChI is InChI=1S/C20H23N3O2/c24-20(22-14-15-12-16-4-3-6-18(16)21-13-15)17-5-1-2-7-19(17)23-8-10-25-11-9-23/h1-2,5,7,12-13H,3-4,6,8-11,14H2,(H,22,24). The Balaban J connectivity index is 1.46. The molecule has 25 heavy (non-hydrogen) atoms. The highest BCUT2D eigenvalue weighted by atomic mass is 16.5. The summed E-state index contributed by atoms with van der Waals surface area (Å²) in [5.41, 5.74) is 5.32. The van der Waals surface area contributed by atoms with Gasteiger partial charge in [0.1, 0.15) is 0 Å². The molecule has 1 saturated heterocycles. The lowest BCUT2D eigenvalue weighted by Crippen LogP contribution is -2.37. The van der Waals surface area contributed by atoms with E-state index in [0.717, 1.165) is 42.7 Å². The number of ether oxygens (including phenoxy) is 1. The number of rotatable bonds is 4. The van der Waals surface area contributed by atoms with Gasteiger partial charge in [0.05, 0.1) is 18.8 Å². The number of aromatic nitrogens is 1. The molecule has 0 atom stereocenters. The van der Waals surface area contributed by atoms with Crippen LogP contribution >= 0.6 is 0 Å². The Bertz CT molecular complexity index is 769. The average Bonchev–Trinajstić information content (AvgIpc) is 3.14. The predicted molar refractivity (Wildman–Crippen MR) is 96.9 cm³/mol. The van der Waals surface area contributed by atoms with Gasteiger partial charge in [-0.1, -0.05) is 18.2 Å². The second-order valence-corrected chi connectivity index (χ2v) is 6.60. The molecule has 1 amide bonds. The molecule has 1 N–H and O–H groups in total. The first-order chi connectivity index (χ1) is 12.3. The molecule has 1 aliphatic carbocycles. The number of hydrogen-bond acceptors (Lipinski definition) is 4. The second-order valence-electron chi connectivity index (χ2n) is 6.60. The van der Waals surface area contributed by atoms with Crippen molar-refractivity contribution in [2.75, 3.05) is 31.2 Å². The van der Waals surface area contributed by atoms with Gasteiger partial charge < -0.3 is 15.0 Å². The summed E-state index contributed by atoms with van der Waals surface area (Å²) < 4.78 is 5.41. The van der Waals surface area contributed by atoms with E-state index in [2.05, 4.69) is 21.3 Å². The fraction of sp³-hybridized carbons (Fsp3) is 0.400. The van der Waals surface area contributed by atoms with Crippen LogP contribution in [0.5, 0.6) is 0 Å². The van der Waals surface area contributed by atoms with Crippen LogP contribution in [0.15, 0.2) is 36.5 Å². The summed E-state index contributed by atoms with van der Waals surface area (Å²) in [5, 5.41) is 3.05. The molecule has 1 aromatic carbocycles. The number of pyridine rings is 1. The first-order valence-electron chi connectivity index (χ1n) is 8.98. The number of nitrogens with zero attached hydrogens (tertiary/aromatic N) is 2. The SMILES string of the molecule is O=C(NCc1cnc2c(c1)CCC2)c1ccccc1N1CCOCC1. The van der Waals surface area contributed by atoms with Crippen LogP contribution in [0.4, 0.5) is 5.69 Å². The third-order valence-corrected chi connectivity index (χ3v) is 4.93. The van der Waals surface area contributed by atoms with Gasteiger partial charge in [-0.15, -0.1) is 0 Å². The number of para-hydroxylation sites is 1. The minimum atomic E-state index is -0.0393. The molecule has 1 aliphatic heterocycles. The van der Waals surface area contributed by atoms with Crippen LogP contribution in [-0.2, 0) is 24.1 Å². The molecule has 0 saturated carbocycles. The lowest BCUT2D eigenvalue weighted by Gasteiger charge is -2.30. The molecule has 2 aromatic rings. The Morgan fingerprint density at radius 2 is 2.04 bits per heavy atom. The molecule has 0 spiro atoms. The van der Waals surface area contributed by atoms with Crippen molar-refractivity contribution in [1.29, 1.82) is 0 Å². The van der Waals surface area contributed by atoms with Gasteiger partial charge in [0, 0.05) is 37.2 Å². The van der Waals surface area contributed by atoms with Crippen molar-refractivity contribution in [3.63, 3.8) is 0 Å². The van der Waals surface area contributed by atoms with E-state index in [9.17, 15) is 4.79 Å². The number of morpholine rings is 1. The van der Waals surface area contributed by atoms with Crippen molar-refractivity contribution in [2.24, 2.45) is 0 Å². The van der Waals surface area contributed by atoms with Crippen LogP contribution in [0.3, 0.4) is 0 Å². The van der Waals surface area contributed by atoms with E-state index in [1.807, 2.05) is 30.5 Å². The first kappa shape index (κ1) is 16.1. The summed E-state index contributed by atoms with van der Waals surface area (Å²) in [5.74, 6) is -0.0393. The zero-order chi connectivity index (χ0) is 17.1. The number of amides is 1. The van der Waals surface area contributed by atoms with Gasteiger partial charge in [-0.2, -0.15) is 0 Å². The summed E-state index contributed by atoms with van der Waals surface area (Å²) in [6.45, 7) is 3.56. The molecule has 2 heterocycles. The van der Waals surface area contributed by atoms with Crippen LogP contribution in [-0.4, -0.2) is 37.2 Å².